The lowest BCUT2D eigenvalue weighted by atomic mass is 9.96. The SMILES string of the molecule is CCC(C)(CN)N(C)Cc1ccc(F)cc1F. The average Bonchev–Trinajstić information content (AvgIpc) is 2.31. The highest BCUT2D eigenvalue weighted by Gasteiger charge is 2.26. The molecule has 0 heterocycles. The summed E-state index contributed by atoms with van der Waals surface area (Å²) in [6.45, 7) is 5.01. The fourth-order valence-electron chi connectivity index (χ4n) is 1.67. The Morgan fingerprint density at radius 3 is 2.47 bits per heavy atom. The molecular weight excluding hydrogens is 222 g/mol. The number of hydrogen-bond acceptors (Lipinski definition) is 2. The smallest absolute Gasteiger partial charge is 0.130 e. The summed E-state index contributed by atoms with van der Waals surface area (Å²) in [5, 5.41) is 0. The monoisotopic (exact) mass is 242 g/mol. The Morgan fingerprint density at radius 2 is 2.00 bits per heavy atom. The van der Waals surface area contributed by atoms with Crippen molar-refractivity contribution in [3.63, 3.8) is 0 Å². The van der Waals surface area contributed by atoms with Crippen LogP contribution in [-0.4, -0.2) is 24.0 Å². The van der Waals surface area contributed by atoms with Gasteiger partial charge in [0.2, 0.25) is 0 Å². The summed E-state index contributed by atoms with van der Waals surface area (Å²) < 4.78 is 26.3. The molecule has 1 rings (SSSR count). The summed E-state index contributed by atoms with van der Waals surface area (Å²) in [6, 6.07) is 3.67. The second-order valence-electron chi connectivity index (χ2n) is 4.65. The summed E-state index contributed by atoms with van der Waals surface area (Å²) in [5.74, 6) is -1.06. The van der Waals surface area contributed by atoms with Crippen molar-refractivity contribution in [1.82, 2.24) is 4.90 Å². The molecule has 0 radical (unpaired) electrons. The average molecular weight is 242 g/mol. The quantitative estimate of drug-likeness (QED) is 0.859. The number of nitrogens with two attached hydrogens (primary N) is 1. The molecule has 4 heteroatoms. The maximum atomic E-state index is 13.5. The molecule has 0 bridgehead atoms. The molecule has 0 spiro atoms. The molecule has 0 fully saturated rings. The van der Waals surface area contributed by atoms with Crippen molar-refractivity contribution in [2.75, 3.05) is 13.6 Å². The van der Waals surface area contributed by atoms with E-state index in [0.717, 1.165) is 12.5 Å². The zero-order valence-electron chi connectivity index (χ0n) is 10.6. The van der Waals surface area contributed by atoms with E-state index in [9.17, 15) is 8.78 Å². The summed E-state index contributed by atoms with van der Waals surface area (Å²) in [7, 11) is 1.90. The molecule has 0 aromatic heterocycles. The Balaban J connectivity index is 2.84. The van der Waals surface area contributed by atoms with E-state index in [-0.39, 0.29) is 5.54 Å². The van der Waals surface area contributed by atoms with E-state index >= 15 is 0 Å². The fraction of sp³-hybridized carbons (Fsp3) is 0.538. The maximum absolute atomic E-state index is 13.5. The van der Waals surface area contributed by atoms with Crippen LogP contribution in [0.3, 0.4) is 0 Å². The van der Waals surface area contributed by atoms with Gasteiger partial charge in [-0.05, 0) is 26.5 Å². The lowest BCUT2D eigenvalue weighted by Crippen LogP contribution is -2.48. The summed E-state index contributed by atoms with van der Waals surface area (Å²) in [6.07, 6.45) is 0.878. The molecule has 1 atom stereocenters. The first-order valence-corrected chi connectivity index (χ1v) is 5.78. The third kappa shape index (κ3) is 3.23. The summed E-state index contributed by atoms with van der Waals surface area (Å²) >= 11 is 0. The normalized spacial score (nSPS) is 15.0. The minimum Gasteiger partial charge on any atom is -0.329 e. The molecule has 17 heavy (non-hydrogen) atoms. The van der Waals surface area contributed by atoms with Gasteiger partial charge in [0, 0.05) is 30.3 Å². The van der Waals surface area contributed by atoms with Crippen LogP contribution in [0.25, 0.3) is 0 Å². The first kappa shape index (κ1) is 14.1. The van der Waals surface area contributed by atoms with Gasteiger partial charge in [-0.15, -0.1) is 0 Å². The molecule has 0 amide bonds. The standard InChI is InChI=1S/C13H20F2N2/c1-4-13(2,9-16)17(3)8-10-5-6-11(14)7-12(10)15/h5-7H,4,8-9,16H2,1-3H3. The van der Waals surface area contributed by atoms with Gasteiger partial charge < -0.3 is 5.73 Å². The minimum absolute atomic E-state index is 0.166. The van der Waals surface area contributed by atoms with Crippen LogP contribution < -0.4 is 5.73 Å². The highest BCUT2D eigenvalue weighted by molar-refractivity contribution is 5.18. The predicted molar refractivity (Wildman–Crippen MR) is 65.6 cm³/mol. The lowest BCUT2D eigenvalue weighted by Gasteiger charge is -2.37. The molecule has 0 saturated heterocycles. The van der Waals surface area contributed by atoms with Crippen LogP contribution in [0.2, 0.25) is 0 Å². The number of halogens is 2. The van der Waals surface area contributed by atoms with Crippen LogP contribution in [0.1, 0.15) is 25.8 Å². The molecule has 1 aromatic carbocycles. The zero-order chi connectivity index (χ0) is 13.1. The molecule has 1 unspecified atom stereocenters. The summed E-state index contributed by atoms with van der Waals surface area (Å²) in [5.41, 5.74) is 6.06. The van der Waals surface area contributed by atoms with E-state index in [2.05, 4.69) is 0 Å². The van der Waals surface area contributed by atoms with Crippen LogP contribution >= 0.6 is 0 Å². The van der Waals surface area contributed by atoms with Crippen LogP contribution in [0, 0.1) is 11.6 Å². The van der Waals surface area contributed by atoms with Gasteiger partial charge in [0.15, 0.2) is 0 Å². The van der Waals surface area contributed by atoms with Gasteiger partial charge in [0.1, 0.15) is 11.6 Å². The van der Waals surface area contributed by atoms with E-state index < -0.39 is 11.6 Å². The highest BCUT2D eigenvalue weighted by atomic mass is 19.1. The summed E-state index contributed by atoms with van der Waals surface area (Å²) in [4.78, 5) is 2.00. The molecule has 1 aromatic rings. The van der Waals surface area contributed by atoms with Crippen LogP contribution in [0.5, 0.6) is 0 Å². The Morgan fingerprint density at radius 1 is 1.35 bits per heavy atom. The van der Waals surface area contributed by atoms with Crippen molar-refractivity contribution in [3.8, 4) is 0 Å². The van der Waals surface area contributed by atoms with Gasteiger partial charge >= 0.3 is 0 Å². The van der Waals surface area contributed by atoms with E-state index in [0.29, 0.717) is 18.7 Å². The second kappa shape index (κ2) is 5.56. The largest absolute Gasteiger partial charge is 0.329 e. The minimum atomic E-state index is -0.550. The molecule has 0 aliphatic rings. The Kier molecular flexibility index (Phi) is 4.60. The number of rotatable bonds is 5. The number of benzene rings is 1. The van der Waals surface area contributed by atoms with E-state index in [1.54, 1.807) is 0 Å². The fourth-order valence-corrected chi connectivity index (χ4v) is 1.67. The first-order chi connectivity index (χ1) is 7.92. The Hall–Kier alpha value is -1.00. The van der Waals surface area contributed by atoms with Gasteiger partial charge in [-0.1, -0.05) is 13.0 Å². The van der Waals surface area contributed by atoms with Gasteiger partial charge in [-0.3, -0.25) is 4.90 Å². The van der Waals surface area contributed by atoms with Gasteiger partial charge in [0.05, 0.1) is 0 Å². The molecule has 2 N–H and O–H groups in total. The van der Waals surface area contributed by atoms with Crippen molar-refractivity contribution in [2.24, 2.45) is 5.73 Å². The number of likely N-dealkylation sites (N-methyl/N-ethyl adjacent to an activating group) is 1. The topological polar surface area (TPSA) is 29.3 Å². The van der Waals surface area contributed by atoms with Crippen LogP contribution in [-0.2, 0) is 6.54 Å². The van der Waals surface area contributed by atoms with E-state index in [1.165, 1.54) is 12.1 Å². The maximum Gasteiger partial charge on any atom is 0.130 e. The van der Waals surface area contributed by atoms with Crippen molar-refractivity contribution in [2.45, 2.75) is 32.4 Å². The molecule has 0 aliphatic heterocycles. The van der Waals surface area contributed by atoms with Crippen molar-refractivity contribution in [1.29, 1.82) is 0 Å². The number of hydrogen-bond donors (Lipinski definition) is 1. The zero-order valence-corrected chi connectivity index (χ0v) is 10.6. The van der Waals surface area contributed by atoms with Crippen LogP contribution in [0.4, 0.5) is 8.78 Å². The predicted octanol–water partition coefficient (Wildman–Crippen LogP) is 2.52. The van der Waals surface area contributed by atoms with Gasteiger partial charge in [-0.25, -0.2) is 8.78 Å². The van der Waals surface area contributed by atoms with Crippen LogP contribution in [0.15, 0.2) is 18.2 Å². The van der Waals surface area contributed by atoms with Crippen molar-refractivity contribution >= 4 is 0 Å². The Bertz CT molecular complexity index is 376. The van der Waals surface area contributed by atoms with Crippen molar-refractivity contribution < 1.29 is 8.78 Å². The molecule has 0 saturated carbocycles. The van der Waals surface area contributed by atoms with Gasteiger partial charge in [-0.2, -0.15) is 0 Å². The van der Waals surface area contributed by atoms with E-state index in [1.807, 2.05) is 25.8 Å². The first-order valence-electron chi connectivity index (χ1n) is 5.78. The van der Waals surface area contributed by atoms with Crippen molar-refractivity contribution in [3.05, 3.63) is 35.4 Å². The third-order valence-corrected chi connectivity index (χ3v) is 3.55. The number of nitrogens with zero attached hydrogens (tertiary/aromatic N) is 1. The Labute approximate surface area is 101 Å². The lowest BCUT2D eigenvalue weighted by molar-refractivity contribution is 0.130. The third-order valence-electron chi connectivity index (χ3n) is 3.55. The highest BCUT2D eigenvalue weighted by Crippen LogP contribution is 2.20. The second-order valence-corrected chi connectivity index (χ2v) is 4.65. The molecule has 0 aliphatic carbocycles. The molecular formula is C13H20F2N2. The molecule has 96 valence electrons. The molecule has 2 nitrogen and oxygen atoms in total. The van der Waals surface area contributed by atoms with E-state index in [4.69, 9.17) is 5.73 Å². The van der Waals surface area contributed by atoms with Gasteiger partial charge in [0.25, 0.3) is 0 Å².